The van der Waals surface area contributed by atoms with Crippen molar-refractivity contribution in [2.75, 3.05) is 0 Å². The maximum absolute atomic E-state index is 2.28. The van der Waals surface area contributed by atoms with Crippen LogP contribution in [0.5, 0.6) is 0 Å². The molecular weight excluding hydrogens is 152 g/mol. The van der Waals surface area contributed by atoms with Crippen molar-refractivity contribution in [3.63, 3.8) is 0 Å². The second-order valence-corrected chi connectivity index (χ2v) is 4.58. The lowest BCUT2D eigenvalue weighted by atomic mass is 10.0. The van der Waals surface area contributed by atoms with Gasteiger partial charge in [-0.25, -0.2) is 0 Å². The molecule has 0 fully saturated rings. The van der Waals surface area contributed by atoms with Gasteiger partial charge in [-0.1, -0.05) is 11.6 Å². The zero-order valence-electron chi connectivity index (χ0n) is 7.14. The number of hydrogen-bond donors (Lipinski definition) is 0. The fourth-order valence-electron chi connectivity index (χ4n) is 1.65. The summed E-state index contributed by atoms with van der Waals surface area (Å²) in [4.78, 5) is 1.48. The topological polar surface area (TPSA) is 0 Å². The minimum absolute atomic E-state index is 0.694. The van der Waals surface area contributed by atoms with E-state index in [1.54, 1.807) is 5.57 Å². The molecule has 2 aliphatic rings. The van der Waals surface area contributed by atoms with Crippen molar-refractivity contribution in [1.29, 1.82) is 0 Å². The summed E-state index contributed by atoms with van der Waals surface area (Å²) in [7, 11) is 0. The van der Waals surface area contributed by atoms with Gasteiger partial charge in [0.2, 0.25) is 0 Å². The summed E-state index contributed by atoms with van der Waals surface area (Å²) in [6, 6.07) is 0. The van der Waals surface area contributed by atoms with Crippen LogP contribution in [-0.4, -0.2) is 5.25 Å². The summed E-state index contributed by atoms with van der Waals surface area (Å²) in [6.07, 6.45) is 4.45. The van der Waals surface area contributed by atoms with Crippen LogP contribution in [0.2, 0.25) is 0 Å². The Labute approximate surface area is 72.1 Å². The van der Waals surface area contributed by atoms with Gasteiger partial charge in [0, 0.05) is 10.2 Å². The maximum atomic E-state index is 2.28. The quantitative estimate of drug-likeness (QED) is 0.529. The molecule has 11 heavy (non-hydrogen) atoms. The smallest absolute Gasteiger partial charge is 0.0282 e. The van der Waals surface area contributed by atoms with E-state index in [0.717, 1.165) is 0 Å². The molecule has 0 N–H and O–H groups in total. The van der Waals surface area contributed by atoms with E-state index in [1.807, 2.05) is 11.8 Å². The molecule has 1 heteroatoms. The third-order valence-corrected chi connectivity index (χ3v) is 3.73. The van der Waals surface area contributed by atoms with Crippen LogP contribution in [0.3, 0.4) is 0 Å². The Bertz CT molecular complexity index is 292. The summed E-state index contributed by atoms with van der Waals surface area (Å²) >= 11 is 1.98. The lowest BCUT2D eigenvalue weighted by Crippen LogP contribution is -1.92. The maximum Gasteiger partial charge on any atom is 0.0282 e. The molecule has 0 nitrogen and oxygen atoms in total. The van der Waals surface area contributed by atoms with Crippen molar-refractivity contribution in [3.05, 3.63) is 33.8 Å². The Hall–Kier alpha value is -0.430. The van der Waals surface area contributed by atoms with Gasteiger partial charge in [0.25, 0.3) is 0 Å². The molecule has 0 aromatic carbocycles. The minimum atomic E-state index is 0.694. The molecule has 1 atom stereocenters. The van der Waals surface area contributed by atoms with Crippen molar-refractivity contribution in [2.45, 2.75) is 26.0 Å². The molecule has 0 bridgehead atoms. The van der Waals surface area contributed by atoms with E-state index >= 15 is 0 Å². The second-order valence-electron chi connectivity index (χ2n) is 3.20. The predicted octanol–water partition coefficient (Wildman–Crippen LogP) is 3.28. The van der Waals surface area contributed by atoms with E-state index in [2.05, 4.69) is 32.9 Å². The zero-order valence-corrected chi connectivity index (χ0v) is 7.96. The highest BCUT2D eigenvalue weighted by Gasteiger charge is 2.26. The second kappa shape index (κ2) is 2.28. The van der Waals surface area contributed by atoms with Gasteiger partial charge < -0.3 is 0 Å². The normalized spacial score (nSPS) is 28.8. The summed E-state index contributed by atoms with van der Waals surface area (Å²) in [5.74, 6) is 0. The van der Waals surface area contributed by atoms with Crippen LogP contribution in [-0.2, 0) is 0 Å². The molecule has 0 spiro atoms. The lowest BCUT2D eigenvalue weighted by molar-refractivity contribution is 1.12. The first-order valence-corrected chi connectivity index (χ1v) is 4.85. The van der Waals surface area contributed by atoms with Gasteiger partial charge in [0.1, 0.15) is 0 Å². The number of rotatable bonds is 0. The number of allylic oxidation sites excluding steroid dienone is 4. The van der Waals surface area contributed by atoms with Crippen LogP contribution in [0.25, 0.3) is 0 Å². The molecule has 2 rings (SSSR count). The third-order valence-electron chi connectivity index (χ3n) is 2.43. The lowest BCUT2D eigenvalue weighted by Gasteiger charge is -2.01. The molecule has 0 aromatic rings. The Morgan fingerprint density at radius 1 is 1.27 bits per heavy atom. The number of hydrogen-bond acceptors (Lipinski definition) is 1. The van der Waals surface area contributed by atoms with E-state index in [1.165, 1.54) is 16.1 Å². The fraction of sp³-hybridized carbons (Fsp3) is 0.400. The standard InChI is InChI=1S/C10H12S/c1-6-4-5-9-10(6)7(2)8(3)11-9/h4-5,8H,1-3H3. The highest BCUT2D eigenvalue weighted by Crippen LogP contribution is 2.47. The van der Waals surface area contributed by atoms with Gasteiger partial charge in [-0.2, -0.15) is 0 Å². The van der Waals surface area contributed by atoms with Gasteiger partial charge in [0.05, 0.1) is 0 Å². The van der Waals surface area contributed by atoms with E-state index in [-0.39, 0.29) is 0 Å². The Kier molecular flexibility index (Phi) is 1.50. The molecule has 0 radical (unpaired) electrons. The molecule has 0 saturated heterocycles. The van der Waals surface area contributed by atoms with Crippen molar-refractivity contribution < 1.29 is 0 Å². The highest BCUT2D eigenvalue weighted by molar-refractivity contribution is 8.04. The Morgan fingerprint density at radius 3 is 2.64 bits per heavy atom. The number of fused-ring (bicyclic) bond motifs is 1. The minimum Gasteiger partial charge on any atom is -0.118 e. The van der Waals surface area contributed by atoms with Crippen LogP contribution in [0.1, 0.15) is 20.8 Å². The fourth-order valence-corrected chi connectivity index (χ4v) is 2.91. The summed E-state index contributed by atoms with van der Waals surface area (Å²) < 4.78 is 0. The summed E-state index contributed by atoms with van der Waals surface area (Å²) in [5, 5.41) is 0.694. The van der Waals surface area contributed by atoms with Crippen LogP contribution in [0.15, 0.2) is 33.8 Å². The first-order valence-electron chi connectivity index (χ1n) is 3.97. The SMILES string of the molecule is CC1=CC=C2SC(C)C(C)=C12. The van der Waals surface area contributed by atoms with E-state index in [9.17, 15) is 0 Å². The molecule has 0 saturated carbocycles. The van der Waals surface area contributed by atoms with Gasteiger partial charge in [-0.05, 0) is 38.0 Å². The van der Waals surface area contributed by atoms with Crippen molar-refractivity contribution in [2.24, 2.45) is 0 Å². The van der Waals surface area contributed by atoms with Gasteiger partial charge in [-0.15, -0.1) is 11.8 Å². The average Bonchev–Trinajstić information content (AvgIpc) is 2.41. The third kappa shape index (κ3) is 0.908. The first-order chi connectivity index (χ1) is 5.20. The Balaban J connectivity index is 2.51. The van der Waals surface area contributed by atoms with E-state index in [4.69, 9.17) is 0 Å². The molecule has 0 aromatic heterocycles. The molecule has 1 aliphatic carbocycles. The van der Waals surface area contributed by atoms with Crippen molar-refractivity contribution >= 4 is 11.8 Å². The molecule has 1 heterocycles. The van der Waals surface area contributed by atoms with Gasteiger partial charge >= 0.3 is 0 Å². The highest BCUT2D eigenvalue weighted by atomic mass is 32.2. The van der Waals surface area contributed by atoms with Gasteiger partial charge in [0.15, 0.2) is 0 Å². The summed E-state index contributed by atoms with van der Waals surface area (Å²) in [5.41, 5.74) is 4.50. The van der Waals surface area contributed by atoms with Gasteiger partial charge in [-0.3, -0.25) is 0 Å². The zero-order chi connectivity index (χ0) is 8.01. The van der Waals surface area contributed by atoms with E-state index < -0.39 is 0 Å². The van der Waals surface area contributed by atoms with Crippen LogP contribution in [0, 0.1) is 0 Å². The average molecular weight is 164 g/mol. The molecule has 1 unspecified atom stereocenters. The van der Waals surface area contributed by atoms with Crippen molar-refractivity contribution in [1.82, 2.24) is 0 Å². The Morgan fingerprint density at radius 2 is 2.00 bits per heavy atom. The summed E-state index contributed by atoms with van der Waals surface area (Å²) in [6.45, 7) is 6.72. The van der Waals surface area contributed by atoms with E-state index in [0.29, 0.717) is 5.25 Å². The van der Waals surface area contributed by atoms with Crippen molar-refractivity contribution in [3.8, 4) is 0 Å². The molecular formula is C10H12S. The molecule has 0 amide bonds. The predicted molar refractivity (Wildman–Crippen MR) is 51.6 cm³/mol. The largest absolute Gasteiger partial charge is 0.118 e. The van der Waals surface area contributed by atoms with Crippen LogP contribution >= 0.6 is 11.8 Å². The number of thioether (sulfide) groups is 1. The van der Waals surface area contributed by atoms with Crippen LogP contribution in [0.4, 0.5) is 0 Å². The first kappa shape index (κ1) is 7.23. The monoisotopic (exact) mass is 164 g/mol. The molecule has 1 aliphatic heterocycles. The molecule has 58 valence electrons. The van der Waals surface area contributed by atoms with Crippen LogP contribution < -0.4 is 0 Å².